The summed E-state index contributed by atoms with van der Waals surface area (Å²) in [7, 11) is 0. The van der Waals surface area contributed by atoms with Gasteiger partial charge in [0.05, 0.1) is 11.5 Å². The number of non-ortho nitro benzene ring substituents is 1. The lowest BCUT2D eigenvalue weighted by Gasteiger charge is -2.35. The van der Waals surface area contributed by atoms with Crippen molar-refractivity contribution in [2.45, 2.75) is 0 Å². The molecule has 1 aromatic rings. The van der Waals surface area contributed by atoms with Crippen LogP contribution in [0.3, 0.4) is 0 Å². The van der Waals surface area contributed by atoms with Crippen molar-refractivity contribution in [3.63, 3.8) is 0 Å². The van der Waals surface area contributed by atoms with E-state index in [1.165, 1.54) is 12.1 Å². The molecule has 0 bridgehead atoms. The molecule has 1 N–H and O–H groups in total. The van der Waals surface area contributed by atoms with Gasteiger partial charge in [-0.3, -0.25) is 15.0 Å². The van der Waals surface area contributed by atoms with Crippen LogP contribution in [-0.4, -0.2) is 54.3 Å². The minimum atomic E-state index is -0.387. The molecular weight excluding hydrogens is 258 g/mol. The second kappa shape index (κ2) is 6.89. The number of piperazine rings is 1. The number of nitrogens with zero attached hydrogens (tertiary/aromatic N) is 3. The van der Waals surface area contributed by atoms with Crippen LogP contribution in [0.1, 0.15) is 0 Å². The Balaban J connectivity index is 1.88. The highest BCUT2D eigenvalue weighted by Crippen LogP contribution is 2.20. The van der Waals surface area contributed by atoms with E-state index >= 15 is 0 Å². The van der Waals surface area contributed by atoms with Crippen LogP contribution < -0.4 is 4.90 Å². The van der Waals surface area contributed by atoms with Crippen molar-refractivity contribution in [1.82, 2.24) is 4.90 Å². The molecule has 1 saturated heterocycles. The monoisotopic (exact) mass is 275 g/mol. The molecule has 1 aliphatic rings. The fourth-order valence-electron chi connectivity index (χ4n) is 2.17. The zero-order valence-electron chi connectivity index (χ0n) is 11.2. The molecule has 2 rings (SSSR count). The predicted molar refractivity (Wildman–Crippen MR) is 76.6 cm³/mol. The summed E-state index contributed by atoms with van der Waals surface area (Å²) in [4.78, 5) is 14.7. The van der Waals surface area contributed by atoms with E-state index in [-0.39, 0.29) is 17.2 Å². The first-order chi connectivity index (χ1) is 9.70. The number of hydrogen-bond acceptors (Lipinski definition) is 5. The highest BCUT2D eigenvalue weighted by molar-refractivity contribution is 5.51. The van der Waals surface area contributed by atoms with Crippen molar-refractivity contribution < 1.29 is 10.0 Å². The van der Waals surface area contributed by atoms with Gasteiger partial charge in [0, 0.05) is 44.0 Å². The maximum atomic E-state index is 10.6. The predicted octanol–water partition coefficient (Wildman–Crippen LogP) is 0.712. The molecule has 0 spiro atoms. The second-order valence-corrected chi connectivity index (χ2v) is 4.55. The average molecular weight is 275 g/mol. The standard InChI is InChI=1S/C14H17N3O3/c18-12-2-1-7-15-8-10-16(11-9-15)13-3-5-14(6-4-13)17(19)20/h3-6,18H,7-12H2. The molecule has 0 saturated carbocycles. The van der Waals surface area contributed by atoms with Gasteiger partial charge in [0.2, 0.25) is 0 Å². The molecule has 6 heteroatoms. The Hall–Kier alpha value is -2.10. The van der Waals surface area contributed by atoms with E-state index in [2.05, 4.69) is 21.6 Å². The summed E-state index contributed by atoms with van der Waals surface area (Å²) in [6.07, 6.45) is 0. The van der Waals surface area contributed by atoms with E-state index < -0.39 is 0 Å². The molecule has 1 fully saturated rings. The molecule has 0 atom stereocenters. The number of aliphatic hydroxyl groups excluding tert-OH is 1. The normalized spacial score (nSPS) is 15.6. The van der Waals surface area contributed by atoms with Gasteiger partial charge >= 0.3 is 0 Å². The van der Waals surface area contributed by atoms with Crippen LogP contribution in [0.5, 0.6) is 0 Å². The number of rotatable bonds is 3. The topological polar surface area (TPSA) is 69.9 Å². The smallest absolute Gasteiger partial charge is 0.269 e. The Labute approximate surface area is 117 Å². The third-order valence-corrected chi connectivity index (χ3v) is 3.30. The molecule has 20 heavy (non-hydrogen) atoms. The first kappa shape index (κ1) is 14.3. The van der Waals surface area contributed by atoms with Crippen molar-refractivity contribution >= 4 is 11.4 Å². The van der Waals surface area contributed by atoms with E-state index in [0.717, 1.165) is 31.9 Å². The van der Waals surface area contributed by atoms with Crippen molar-refractivity contribution in [3.05, 3.63) is 34.4 Å². The third kappa shape index (κ3) is 3.70. The minimum absolute atomic E-state index is 0.0945. The van der Waals surface area contributed by atoms with Crippen molar-refractivity contribution in [3.8, 4) is 11.8 Å². The Morgan fingerprint density at radius 1 is 1.15 bits per heavy atom. The lowest BCUT2D eigenvalue weighted by molar-refractivity contribution is -0.384. The highest BCUT2D eigenvalue weighted by atomic mass is 16.6. The van der Waals surface area contributed by atoms with Crippen molar-refractivity contribution in [1.29, 1.82) is 0 Å². The first-order valence-electron chi connectivity index (χ1n) is 6.49. The number of benzene rings is 1. The SMILES string of the molecule is O=[N+]([O-])c1ccc(N2CCN(CC#CCO)CC2)cc1. The molecule has 0 aromatic heterocycles. The summed E-state index contributed by atoms with van der Waals surface area (Å²) in [5.41, 5.74) is 1.13. The van der Waals surface area contributed by atoms with E-state index in [1.807, 2.05) is 0 Å². The zero-order valence-corrected chi connectivity index (χ0v) is 11.2. The average Bonchev–Trinajstić information content (AvgIpc) is 2.48. The molecule has 6 nitrogen and oxygen atoms in total. The number of nitro groups is 1. The van der Waals surface area contributed by atoms with Gasteiger partial charge in [-0.25, -0.2) is 0 Å². The van der Waals surface area contributed by atoms with Gasteiger partial charge in [0.25, 0.3) is 5.69 Å². The molecule has 0 aliphatic carbocycles. The fourth-order valence-corrected chi connectivity index (χ4v) is 2.17. The van der Waals surface area contributed by atoms with E-state index in [4.69, 9.17) is 5.11 Å². The largest absolute Gasteiger partial charge is 0.384 e. The van der Waals surface area contributed by atoms with Gasteiger partial charge in [-0.15, -0.1) is 0 Å². The second-order valence-electron chi connectivity index (χ2n) is 4.55. The number of hydrogen-bond donors (Lipinski definition) is 1. The Morgan fingerprint density at radius 2 is 1.80 bits per heavy atom. The molecular formula is C14H17N3O3. The Bertz CT molecular complexity index is 511. The molecule has 0 unspecified atom stereocenters. The summed E-state index contributed by atoms with van der Waals surface area (Å²) >= 11 is 0. The van der Waals surface area contributed by atoms with E-state index in [1.54, 1.807) is 12.1 Å². The van der Waals surface area contributed by atoms with Crippen LogP contribution in [0.25, 0.3) is 0 Å². The van der Waals surface area contributed by atoms with Crippen LogP contribution in [0, 0.1) is 22.0 Å². The zero-order chi connectivity index (χ0) is 14.4. The lowest BCUT2D eigenvalue weighted by Crippen LogP contribution is -2.46. The van der Waals surface area contributed by atoms with Crippen molar-refractivity contribution in [2.75, 3.05) is 44.2 Å². The maximum absolute atomic E-state index is 10.6. The molecule has 1 aliphatic heterocycles. The molecule has 0 radical (unpaired) electrons. The van der Waals surface area contributed by atoms with Crippen LogP contribution in [-0.2, 0) is 0 Å². The first-order valence-corrected chi connectivity index (χ1v) is 6.49. The van der Waals surface area contributed by atoms with Gasteiger partial charge in [0.1, 0.15) is 6.61 Å². The van der Waals surface area contributed by atoms with E-state index in [0.29, 0.717) is 6.54 Å². The number of anilines is 1. The number of nitro benzene ring substituents is 1. The van der Waals surface area contributed by atoms with Crippen molar-refractivity contribution in [2.24, 2.45) is 0 Å². The van der Waals surface area contributed by atoms with Crippen LogP contribution in [0.2, 0.25) is 0 Å². The fraction of sp³-hybridized carbons (Fsp3) is 0.429. The summed E-state index contributed by atoms with van der Waals surface area (Å²) in [5, 5.41) is 19.2. The number of aliphatic hydroxyl groups is 1. The quantitative estimate of drug-likeness (QED) is 0.500. The van der Waals surface area contributed by atoms with E-state index in [9.17, 15) is 10.1 Å². The van der Waals surface area contributed by atoms with Crippen LogP contribution in [0.4, 0.5) is 11.4 Å². The molecule has 0 amide bonds. The Morgan fingerprint density at radius 3 is 2.35 bits per heavy atom. The Kier molecular flexibility index (Phi) is 4.93. The summed E-state index contributed by atoms with van der Waals surface area (Å²) in [6.45, 7) is 4.13. The minimum Gasteiger partial charge on any atom is -0.384 e. The lowest BCUT2D eigenvalue weighted by atomic mass is 10.2. The molecule has 106 valence electrons. The third-order valence-electron chi connectivity index (χ3n) is 3.30. The van der Waals surface area contributed by atoms with Gasteiger partial charge in [-0.1, -0.05) is 11.8 Å². The van der Waals surface area contributed by atoms with Gasteiger partial charge in [-0.2, -0.15) is 0 Å². The summed E-state index contributed by atoms with van der Waals surface area (Å²) in [6, 6.07) is 6.65. The molecule has 1 aromatic carbocycles. The van der Waals surface area contributed by atoms with Crippen LogP contribution in [0.15, 0.2) is 24.3 Å². The van der Waals surface area contributed by atoms with Gasteiger partial charge in [0.15, 0.2) is 0 Å². The van der Waals surface area contributed by atoms with Gasteiger partial charge < -0.3 is 10.0 Å². The van der Waals surface area contributed by atoms with Crippen LogP contribution >= 0.6 is 0 Å². The van der Waals surface area contributed by atoms with Gasteiger partial charge in [-0.05, 0) is 12.1 Å². The summed E-state index contributed by atoms with van der Waals surface area (Å²) in [5.74, 6) is 5.55. The molecule has 1 heterocycles. The maximum Gasteiger partial charge on any atom is 0.269 e. The summed E-state index contributed by atoms with van der Waals surface area (Å²) < 4.78 is 0. The highest BCUT2D eigenvalue weighted by Gasteiger charge is 2.17.